The first kappa shape index (κ1) is 23.4. The van der Waals surface area contributed by atoms with Crippen molar-refractivity contribution in [3.63, 3.8) is 0 Å². The number of carbonyl (C=O) groups is 3. The van der Waals surface area contributed by atoms with Crippen molar-refractivity contribution in [3.8, 4) is 0 Å². The highest BCUT2D eigenvalue weighted by atomic mass is 16.6. The summed E-state index contributed by atoms with van der Waals surface area (Å²) >= 11 is 0. The fourth-order valence-corrected chi connectivity index (χ4v) is 2.27. The SMILES string of the molecule is COC(=O)CNCC(NC(=O)OC(C)(C)C)C(C)(C)C(C)(C)CC=O. The molecule has 0 aromatic carbocycles. The van der Waals surface area contributed by atoms with E-state index >= 15 is 0 Å². The molecule has 0 saturated carbocycles. The van der Waals surface area contributed by atoms with E-state index in [1.54, 1.807) is 20.8 Å². The summed E-state index contributed by atoms with van der Waals surface area (Å²) in [6, 6.07) is -0.359. The van der Waals surface area contributed by atoms with E-state index in [4.69, 9.17) is 4.74 Å². The number of methoxy groups -OCH3 is 1. The maximum absolute atomic E-state index is 12.2. The number of hydrogen-bond acceptors (Lipinski definition) is 6. The molecule has 1 unspecified atom stereocenters. The molecule has 1 atom stereocenters. The lowest BCUT2D eigenvalue weighted by atomic mass is 9.62. The van der Waals surface area contributed by atoms with Gasteiger partial charge in [-0.25, -0.2) is 4.79 Å². The minimum Gasteiger partial charge on any atom is -0.468 e. The van der Waals surface area contributed by atoms with Gasteiger partial charge in [0.2, 0.25) is 0 Å². The highest BCUT2D eigenvalue weighted by molar-refractivity contribution is 5.71. The van der Waals surface area contributed by atoms with Gasteiger partial charge in [-0.15, -0.1) is 0 Å². The highest BCUT2D eigenvalue weighted by Crippen LogP contribution is 2.43. The average molecular weight is 358 g/mol. The van der Waals surface area contributed by atoms with E-state index in [9.17, 15) is 14.4 Å². The van der Waals surface area contributed by atoms with Gasteiger partial charge in [0, 0.05) is 13.0 Å². The number of alkyl carbamates (subject to hydrolysis) is 1. The molecule has 0 rings (SSSR count). The first-order chi connectivity index (χ1) is 11.3. The van der Waals surface area contributed by atoms with E-state index in [-0.39, 0.29) is 24.0 Å². The number of amides is 1. The molecule has 0 aromatic heterocycles. The van der Waals surface area contributed by atoms with Crippen LogP contribution in [0.15, 0.2) is 0 Å². The molecule has 7 heteroatoms. The predicted octanol–water partition coefficient (Wildman–Crippen LogP) is 2.28. The highest BCUT2D eigenvalue weighted by Gasteiger charge is 2.43. The van der Waals surface area contributed by atoms with E-state index in [0.717, 1.165) is 6.29 Å². The standard InChI is InChI=1S/C18H34N2O5/c1-16(2,3)25-15(23)20-13(11-19-12-14(22)24-8)18(6,7)17(4,5)9-10-21/h10,13,19H,9,11-12H2,1-8H3,(H,20,23). The fraction of sp³-hybridized carbons (Fsp3) is 0.833. The van der Waals surface area contributed by atoms with Crippen LogP contribution in [0, 0.1) is 10.8 Å². The topological polar surface area (TPSA) is 93.7 Å². The Hall–Kier alpha value is -1.63. The third-order valence-corrected chi connectivity index (χ3v) is 4.75. The predicted molar refractivity (Wildman–Crippen MR) is 96.3 cm³/mol. The minimum atomic E-state index is -0.615. The Labute approximate surface area is 151 Å². The third kappa shape index (κ3) is 7.86. The summed E-state index contributed by atoms with van der Waals surface area (Å²) in [6.07, 6.45) is 0.699. The molecule has 0 aromatic rings. The quantitative estimate of drug-likeness (QED) is 0.485. The molecule has 7 nitrogen and oxygen atoms in total. The number of esters is 1. The van der Waals surface area contributed by atoms with Crippen LogP contribution in [-0.2, 0) is 19.1 Å². The molecule has 0 spiro atoms. The summed E-state index contributed by atoms with van der Waals surface area (Å²) in [4.78, 5) is 34.6. The summed E-state index contributed by atoms with van der Waals surface area (Å²) in [5, 5.41) is 5.87. The Kier molecular flexibility index (Phi) is 8.58. The molecule has 0 heterocycles. The maximum atomic E-state index is 12.2. The molecule has 146 valence electrons. The van der Waals surface area contributed by atoms with E-state index in [0.29, 0.717) is 13.0 Å². The largest absolute Gasteiger partial charge is 0.468 e. The van der Waals surface area contributed by atoms with Crippen molar-refractivity contribution in [1.82, 2.24) is 10.6 Å². The van der Waals surface area contributed by atoms with Crippen molar-refractivity contribution in [1.29, 1.82) is 0 Å². The lowest BCUT2D eigenvalue weighted by Crippen LogP contribution is -2.57. The van der Waals surface area contributed by atoms with Crippen LogP contribution in [0.3, 0.4) is 0 Å². The van der Waals surface area contributed by atoms with Crippen LogP contribution in [0.2, 0.25) is 0 Å². The second kappa shape index (κ2) is 9.17. The molecule has 0 bridgehead atoms. The zero-order valence-electron chi connectivity index (χ0n) is 16.8. The van der Waals surface area contributed by atoms with Gasteiger partial charge >= 0.3 is 12.1 Å². The summed E-state index contributed by atoms with van der Waals surface area (Å²) in [7, 11) is 1.32. The van der Waals surface area contributed by atoms with Gasteiger partial charge in [-0.2, -0.15) is 0 Å². The zero-order valence-corrected chi connectivity index (χ0v) is 16.8. The smallest absolute Gasteiger partial charge is 0.407 e. The second-order valence-electron chi connectivity index (χ2n) is 8.38. The van der Waals surface area contributed by atoms with Crippen LogP contribution in [0.25, 0.3) is 0 Å². The zero-order chi connectivity index (χ0) is 19.9. The lowest BCUT2D eigenvalue weighted by Gasteiger charge is -2.46. The van der Waals surface area contributed by atoms with Crippen LogP contribution in [-0.4, -0.2) is 50.2 Å². The van der Waals surface area contributed by atoms with Gasteiger partial charge < -0.3 is 24.9 Å². The van der Waals surface area contributed by atoms with Crippen LogP contribution in [0.1, 0.15) is 54.9 Å². The van der Waals surface area contributed by atoms with Crippen molar-refractivity contribution >= 4 is 18.3 Å². The van der Waals surface area contributed by atoms with Gasteiger partial charge in [0.15, 0.2) is 0 Å². The molecule has 0 saturated heterocycles. The second-order valence-corrected chi connectivity index (χ2v) is 8.38. The van der Waals surface area contributed by atoms with Gasteiger partial charge in [-0.05, 0) is 31.6 Å². The first-order valence-corrected chi connectivity index (χ1v) is 8.47. The van der Waals surface area contributed by atoms with E-state index in [1.165, 1.54) is 7.11 Å². The monoisotopic (exact) mass is 358 g/mol. The maximum Gasteiger partial charge on any atom is 0.407 e. The molecule has 0 fully saturated rings. The van der Waals surface area contributed by atoms with Gasteiger partial charge in [-0.1, -0.05) is 27.7 Å². The lowest BCUT2D eigenvalue weighted by molar-refractivity contribution is -0.139. The molecule has 1 amide bonds. The first-order valence-electron chi connectivity index (χ1n) is 8.47. The molecule has 25 heavy (non-hydrogen) atoms. The van der Waals surface area contributed by atoms with Gasteiger partial charge in [0.25, 0.3) is 0 Å². The molecule has 0 aliphatic carbocycles. The van der Waals surface area contributed by atoms with Gasteiger partial charge in [0.05, 0.1) is 19.7 Å². The minimum absolute atomic E-state index is 0.0349. The van der Waals surface area contributed by atoms with Gasteiger partial charge in [-0.3, -0.25) is 4.79 Å². The van der Waals surface area contributed by atoms with E-state index < -0.39 is 17.1 Å². The third-order valence-electron chi connectivity index (χ3n) is 4.75. The Morgan fingerprint density at radius 2 is 1.64 bits per heavy atom. The van der Waals surface area contributed by atoms with Crippen LogP contribution in [0.4, 0.5) is 4.79 Å². The number of nitrogens with one attached hydrogen (secondary N) is 2. The molecular weight excluding hydrogens is 324 g/mol. The van der Waals surface area contributed by atoms with E-state index in [1.807, 2.05) is 27.7 Å². The Morgan fingerprint density at radius 1 is 1.08 bits per heavy atom. The van der Waals surface area contributed by atoms with E-state index in [2.05, 4.69) is 15.4 Å². The van der Waals surface area contributed by atoms with Crippen molar-refractivity contribution in [2.45, 2.75) is 66.5 Å². The molecule has 0 aliphatic rings. The van der Waals surface area contributed by atoms with Crippen molar-refractivity contribution in [2.75, 3.05) is 20.2 Å². The number of aldehydes is 1. The Balaban J connectivity index is 5.26. The number of ether oxygens (including phenoxy) is 2. The van der Waals surface area contributed by atoms with Crippen molar-refractivity contribution < 1.29 is 23.9 Å². The molecule has 2 N–H and O–H groups in total. The van der Waals surface area contributed by atoms with Crippen LogP contribution < -0.4 is 10.6 Å². The number of carbonyl (C=O) groups excluding carboxylic acids is 3. The Bertz CT molecular complexity index is 467. The molecule has 0 aliphatic heterocycles. The summed E-state index contributed by atoms with van der Waals surface area (Å²) in [6.45, 7) is 13.7. The average Bonchev–Trinajstić information content (AvgIpc) is 2.43. The fourth-order valence-electron chi connectivity index (χ4n) is 2.27. The van der Waals surface area contributed by atoms with Gasteiger partial charge in [0.1, 0.15) is 11.9 Å². The molecule has 0 radical (unpaired) electrons. The number of hydrogen-bond donors (Lipinski definition) is 2. The summed E-state index contributed by atoms with van der Waals surface area (Å²) in [5.74, 6) is -0.388. The summed E-state index contributed by atoms with van der Waals surface area (Å²) in [5.41, 5.74) is -1.44. The van der Waals surface area contributed by atoms with Crippen LogP contribution in [0.5, 0.6) is 0 Å². The van der Waals surface area contributed by atoms with Crippen LogP contribution >= 0.6 is 0 Å². The van der Waals surface area contributed by atoms with Crippen molar-refractivity contribution in [3.05, 3.63) is 0 Å². The molecular formula is C18H34N2O5. The summed E-state index contributed by atoms with van der Waals surface area (Å²) < 4.78 is 9.96. The Morgan fingerprint density at radius 3 is 2.08 bits per heavy atom. The van der Waals surface area contributed by atoms with Crippen molar-refractivity contribution in [2.24, 2.45) is 10.8 Å². The number of rotatable bonds is 9. The normalized spacial score (nSPS) is 13.8.